The SMILES string of the molecule is CCC(N)=NCc1sccc1Br. The number of thiophene rings is 1. The average Bonchev–Trinajstić information content (AvgIpc) is 2.47. The standard InChI is InChI=1S/C8H11BrN2S/c1-2-8(10)11-5-7-6(9)3-4-12-7/h3-4H,2,5H2,1H3,(H2,10,11). The zero-order valence-electron chi connectivity index (χ0n) is 6.88. The Hall–Kier alpha value is -0.350. The van der Waals surface area contributed by atoms with E-state index in [1.165, 1.54) is 4.88 Å². The third-order valence-electron chi connectivity index (χ3n) is 1.48. The fourth-order valence-electron chi connectivity index (χ4n) is 0.723. The molecule has 1 aromatic rings. The minimum absolute atomic E-state index is 0.692. The van der Waals surface area contributed by atoms with Crippen molar-refractivity contribution in [3.8, 4) is 0 Å². The van der Waals surface area contributed by atoms with E-state index in [2.05, 4.69) is 20.9 Å². The van der Waals surface area contributed by atoms with E-state index >= 15 is 0 Å². The van der Waals surface area contributed by atoms with Gasteiger partial charge in [-0.2, -0.15) is 0 Å². The molecular formula is C8H11BrN2S. The Labute approximate surface area is 84.6 Å². The maximum absolute atomic E-state index is 5.58. The molecule has 66 valence electrons. The Morgan fingerprint density at radius 1 is 1.75 bits per heavy atom. The lowest BCUT2D eigenvalue weighted by Crippen LogP contribution is -2.09. The first-order valence-corrected chi connectivity index (χ1v) is 5.42. The van der Waals surface area contributed by atoms with Crippen LogP contribution < -0.4 is 5.73 Å². The summed E-state index contributed by atoms with van der Waals surface area (Å²) < 4.78 is 1.13. The summed E-state index contributed by atoms with van der Waals surface area (Å²) in [7, 11) is 0. The molecule has 0 aliphatic heterocycles. The first-order chi connectivity index (χ1) is 5.74. The Morgan fingerprint density at radius 2 is 2.50 bits per heavy atom. The van der Waals surface area contributed by atoms with Crippen LogP contribution in [0.5, 0.6) is 0 Å². The summed E-state index contributed by atoms with van der Waals surface area (Å²) in [6, 6.07) is 2.03. The van der Waals surface area contributed by atoms with Crippen molar-refractivity contribution < 1.29 is 0 Å². The first kappa shape index (κ1) is 9.74. The number of hydrogen-bond acceptors (Lipinski definition) is 2. The highest BCUT2D eigenvalue weighted by molar-refractivity contribution is 9.10. The Bertz CT molecular complexity index is 280. The monoisotopic (exact) mass is 246 g/mol. The second-order valence-electron chi connectivity index (χ2n) is 2.35. The fraction of sp³-hybridized carbons (Fsp3) is 0.375. The maximum Gasteiger partial charge on any atom is 0.0938 e. The van der Waals surface area contributed by atoms with Crippen molar-refractivity contribution in [1.82, 2.24) is 0 Å². The van der Waals surface area contributed by atoms with E-state index in [0.717, 1.165) is 16.7 Å². The molecule has 0 spiro atoms. The van der Waals surface area contributed by atoms with Gasteiger partial charge in [-0.25, -0.2) is 0 Å². The van der Waals surface area contributed by atoms with E-state index in [1.54, 1.807) is 11.3 Å². The third kappa shape index (κ3) is 2.60. The molecule has 1 heterocycles. The summed E-state index contributed by atoms with van der Waals surface area (Å²) in [5.41, 5.74) is 5.58. The van der Waals surface area contributed by atoms with Gasteiger partial charge < -0.3 is 5.73 Å². The summed E-state index contributed by atoms with van der Waals surface area (Å²) in [6.07, 6.45) is 0.822. The minimum Gasteiger partial charge on any atom is -0.387 e. The van der Waals surface area contributed by atoms with Crippen molar-refractivity contribution in [2.75, 3.05) is 0 Å². The van der Waals surface area contributed by atoms with Crippen LogP contribution in [-0.2, 0) is 6.54 Å². The van der Waals surface area contributed by atoms with Crippen LogP contribution in [-0.4, -0.2) is 5.84 Å². The molecule has 0 fully saturated rings. The summed E-state index contributed by atoms with van der Waals surface area (Å²) in [5, 5.41) is 2.04. The first-order valence-electron chi connectivity index (χ1n) is 3.74. The molecule has 0 atom stereocenters. The molecule has 2 nitrogen and oxygen atoms in total. The quantitative estimate of drug-likeness (QED) is 0.647. The predicted molar refractivity (Wildman–Crippen MR) is 57.6 cm³/mol. The molecule has 0 bridgehead atoms. The van der Waals surface area contributed by atoms with Gasteiger partial charge in [0, 0.05) is 15.8 Å². The van der Waals surface area contributed by atoms with Crippen LogP contribution in [0.2, 0.25) is 0 Å². The van der Waals surface area contributed by atoms with Crippen molar-refractivity contribution in [2.24, 2.45) is 10.7 Å². The molecule has 0 saturated heterocycles. The van der Waals surface area contributed by atoms with Crippen molar-refractivity contribution in [3.05, 3.63) is 20.8 Å². The Balaban J connectivity index is 2.59. The summed E-state index contributed by atoms with van der Waals surface area (Å²) in [6.45, 7) is 2.69. The van der Waals surface area contributed by atoms with Crippen LogP contribution >= 0.6 is 27.3 Å². The number of amidine groups is 1. The minimum atomic E-state index is 0.692. The maximum atomic E-state index is 5.58. The largest absolute Gasteiger partial charge is 0.387 e. The van der Waals surface area contributed by atoms with E-state index in [-0.39, 0.29) is 0 Å². The molecule has 0 radical (unpaired) electrons. The second kappa shape index (κ2) is 4.62. The Morgan fingerprint density at radius 3 is 3.00 bits per heavy atom. The molecule has 1 aromatic heterocycles. The van der Waals surface area contributed by atoms with Crippen LogP contribution in [0.15, 0.2) is 20.9 Å². The van der Waals surface area contributed by atoms with Gasteiger partial charge in [0.25, 0.3) is 0 Å². The van der Waals surface area contributed by atoms with E-state index < -0.39 is 0 Å². The van der Waals surface area contributed by atoms with E-state index in [9.17, 15) is 0 Å². The number of hydrogen-bond donors (Lipinski definition) is 1. The van der Waals surface area contributed by atoms with Crippen molar-refractivity contribution in [1.29, 1.82) is 0 Å². The smallest absolute Gasteiger partial charge is 0.0938 e. The normalized spacial score (nSPS) is 12.0. The zero-order valence-corrected chi connectivity index (χ0v) is 9.28. The van der Waals surface area contributed by atoms with Crippen molar-refractivity contribution in [3.63, 3.8) is 0 Å². The second-order valence-corrected chi connectivity index (χ2v) is 4.21. The molecule has 0 aliphatic carbocycles. The van der Waals surface area contributed by atoms with Gasteiger partial charge in [-0.1, -0.05) is 6.92 Å². The molecule has 2 N–H and O–H groups in total. The topological polar surface area (TPSA) is 38.4 Å². The van der Waals surface area contributed by atoms with Crippen molar-refractivity contribution in [2.45, 2.75) is 19.9 Å². The summed E-state index contributed by atoms with van der Waals surface area (Å²) in [5.74, 6) is 0.718. The highest BCUT2D eigenvalue weighted by atomic mass is 79.9. The van der Waals surface area contributed by atoms with Crippen molar-refractivity contribution >= 4 is 33.1 Å². The van der Waals surface area contributed by atoms with E-state index in [4.69, 9.17) is 5.73 Å². The fourth-order valence-corrected chi connectivity index (χ4v) is 2.12. The molecule has 0 saturated carbocycles. The van der Waals surface area contributed by atoms with Gasteiger partial charge in [0.15, 0.2) is 0 Å². The van der Waals surface area contributed by atoms with Crippen LogP contribution in [0.4, 0.5) is 0 Å². The zero-order chi connectivity index (χ0) is 8.97. The number of halogens is 1. The molecule has 1 rings (SSSR count). The number of rotatable bonds is 3. The number of nitrogens with two attached hydrogens (primary N) is 1. The highest BCUT2D eigenvalue weighted by Gasteiger charge is 1.98. The van der Waals surface area contributed by atoms with Gasteiger partial charge in [-0.15, -0.1) is 11.3 Å². The lowest BCUT2D eigenvalue weighted by molar-refractivity contribution is 1.06. The lowest BCUT2D eigenvalue weighted by Gasteiger charge is -1.95. The molecule has 0 amide bonds. The average molecular weight is 247 g/mol. The third-order valence-corrected chi connectivity index (χ3v) is 3.39. The molecule has 0 unspecified atom stereocenters. The lowest BCUT2D eigenvalue weighted by atomic mass is 10.4. The van der Waals surface area contributed by atoms with Crippen LogP contribution in [0, 0.1) is 0 Å². The van der Waals surface area contributed by atoms with Crippen LogP contribution in [0.25, 0.3) is 0 Å². The van der Waals surface area contributed by atoms with E-state index in [1.807, 2.05) is 18.4 Å². The summed E-state index contributed by atoms with van der Waals surface area (Å²) in [4.78, 5) is 5.45. The van der Waals surface area contributed by atoms with E-state index in [0.29, 0.717) is 6.54 Å². The van der Waals surface area contributed by atoms with Gasteiger partial charge >= 0.3 is 0 Å². The van der Waals surface area contributed by atoms with Gasteiger partial charge in [-0.3, -0.25) is 4.99 Å². The van der Waals surface area contributed by atoms with Gasteiger partial charge in [-0.05, 0) is 27.4 Å². The van der Waals surface area contributed by atoms with Crippen LogP contribution in [0.1, 0.15) is 18.2 Å². The molecule has 0 aliphatic rings. The highest BCUT2D eigenvalue weighted by Crippen LogP contribution is 2.23. The molecule has 0 aromatic carbocycles. The number of nitrogens with zero attached hydrogens (tertiary/aromatic N) is 1. The summed E-state index contributed by atoms with van der Waals surface area (Å²) >= 11 is 5.13. The number of aliphatic imine (C=N–C) groups is 1. The molecule has 4 heteroatoms. The predicted octanol–water partition coefficient (Wildman–Crippen LogP) is 2.78. The van der Waals surface area contributed by atoms with Crippen LogP contribution in [0.3, 0.4) is 0 Å². The molecular weight excluding hydrogens is 236 g/mol. The van der Waals surface area contributed by atoms with Gasteiger partial charge in [0.2, 0.25) is 0 Å². The van der Waals surface area contributed by atoms with Gasteiger partial charge in [0.1, 0.15) is 0 Å². The molecule has 12 heavy (non-hydrogen) atoms. The van der Waals surface area contributed by atoms with Gasteiger partial charge in [0.05, 0.1) is 12.4 Å². The Kier molecular flexibility index (Phi) is 3.75.